The van der Waals surface area contributed by atoms with Crippen LogP contribution in [0.2, 0.25) is 0 Å². The van der Waals surface area contributed by atoms with Gasteiger partial charge in [0.1, 0.15) is 5.75 Å². The highest BCUT2D eigenvalue weighted by Crippen LogP contribution is 2.26. The first-order valence-corrected chi connectivity index (χ1v) is 7.89. The number of hydrogen-bond donors (Lipinski definition) is 2. The van der Waals surface area contributed by atoms with Crippen LogP contribution in [-0.2, 0) is 6.54 Å². The molecule has 0 aromatic heterocycles. The van der Waals surface area contributed by atoms with E-state index in [1.807, 2.05) is 0 Å². The zero-order chi connectivity index (χ0) is 17.6. The number of piperidine rings is 1. The lowest BCUT2D eigenvalue weighted by atomic mass is 10.0. The Hall–Kier alpha value is -1.96. The van der Waals surface area contributed by atoms with Crippen molar-refractivity contribution in [3.05, 3.63) is 29.8 Å². The highest BCUT2D eigenvalue weighted by Gasteiger charge is 2.32. The van der Waals surface area contributed by atoms with E-state index in [1.165, 1.54) is 18.2 Å². The minimum atomic E-state index is -4.78. The zero-order valence-electron chi connectivity index (χ0n) is 13.2. The summed E-state index contributed by atoms with van der Waals surface area (Å²) in [6, 6.07) is 5.34. The van der Waals surface area contributed by atoms with Crippen LogP contribution in [0, 0.1) is 0 Å². The minimum absolute atomic E-state index is 0.00327. The molecular formula is C16H21F3N2O3. The van der Waals surface area contributed by atoms with Crippen molar-refractivity contribution < 1.29 is 27.8 Å². The van der Waals surface area contributed by atoms with Crippen LogP contribution in [0.25, 0.3) is 0 Å². The number of aliphatic hydroxyl groups is 1. The van der Waals surface area contributed by atoms with Crippen LogP contribution in [0.15, 0.2) is 24.3 Å². The van der Waals surface area contributed by atoms with E-state index in [2.05, 4.69) is 10.1 Å². The third-order valence-electron chi connectivity index (χ3n) is 3.98. The predicted molar refractivity (Wildman–Crippen MR) is 81.4 cm³/mol. The van der Waals surface area contributed by atoms with E-state index >= 15 is 0 Å². The van der Waals surface area contributed by atoms with E-state index in [1.54, 1.807) is 11.0 Å². The molecule has 5 nitrogen and oxygen atoms in total. The number of rotatable bonds is 5. The van der Waals surface area contributed by atoms with Gasteiger partial charge in [0.2, 0.25) is 0 Å². The van der Waals surface area contributed by atoms with E-state index in [9.17, 15) is 18.0 Å². The third-order valence-corrected chi connectivity index (χ3v) is 3.98. The van der Waals surface area contributed by atoms with Gasteiger partial charge in [0.15, 0.2) is 0 Å². The molecule has 8 heteroatoms. The number of amides is 2. The lowest BCUT2D eigenvalue weighted by Crippen LogP contribution is -2.48. The molecule has 134 valence electrons. The molecule has 1 atom stereocenters. The summed E-state index contributed by atoms with van der Waals surface area (Å²) in [5.74, 6) is -0.323. The van der Waals surface area contributed by atoms with Gasteiger partial charge < -0.3 is 20.1 Å². The Balaban J connectivity index is 1.98. The number of alkyl halides is 3. The Kier molecular flexibility index (Phi) is 6.30. The summed E-state index contributed by atoms with van der Waals surface area (Å²) in [4.78, 5) is 14.0. The SMILES string of the molecule is O=C(NCc1ccccc1OC(F)(F)F)N1CCCCC1CCO. The second-order valence-electron chi connectivity index (χ2n) is 5.67. The van der Waals surface area contributed by atoms with Crippen molar-refractivity contribution in [2.45, 2.75) is 44.6 Å². The topological polar surface area (TPSA) is 61.8 Å². The molecule has 1 saturated heterocycles. The number of halogens is 3. The van der Waals surface area contributed by atoms with Crippen LogP contribution in [0.1, 0.15) is 31.2 Å². The second-order valence-corrected chi connectivity index (χ2v) is 5.67. The molecule has 0 radical (unpaired) electrons. The monoisotopic (exact) mass is 346 g/mol. The van der Waals surface area contributed by atoms with Gasteiger partial charge in [-0.1, -0.05) is 18.2 Å². The molecule has 0 bridgehead atoms. The number of nitrogens with zero attached hydrogens (tertiary/aromatic N) is 1. The average Bonchev–Trinajstić information content (AvgIpc) is 2.53. The van der Waals surface area contributed by atoms with Crippen LogP contribution in [0.4, 0.5) is 18.0 Å². The fourth-order valence-electron chi connectivity index (χ4n) is 2.86. The van der Waals surface area contributed by atoms with Crippen LogP contribution in [-0.4, -0.2) is 41.6 Å². The summed E-state index contributed by atoms with van der Waals surface area (Å²) >= 11 is 0. The number of likely N-dealkylation sites (tertiary alicyclic amines) is 1. The van der Waals surface area contributed by atoms with Gasteiger partial charge >= 0.3 is 12.4 Å². The summed E-state index contributed by atoms with van der Waals surface area (Å²) in [5, 5.41) is 11.7. The number of carbonyl (C=O) groups excluding carboxylic acids is 1. The van der Waals surface area contributed by atoms with Crippen molar-refractivity contribution in [2.24, 2.45) is 0 Å². The molecular weight excluding hydrogens is 325 g/mol. The first kappa shape index (κ1) is 18.4. The van der Waals surface area contributed by atoms with E-state index in [-0.39, 0.29) is 36.5 Å². The van der Waals surface area contributed by atoms with Crippen molar-refractivity contribution in [3.63, 3.8) is 0 Å². The molecule has 1 fully saturated rings. The molecule has 2 N–H and O–H groups in total. The van der Waals surface area contributed by atoms with Crippen molar-refractivity contribution in [1.29, 1.82) is 0 Å². The molecule has 2 rings (SSSR count). The quantitative estimate of drug-likeness (QED) is 0.861. The summed E-state index contributed by atoms with van der Waals surface area (Å²) in [5.41, 5.74) is 0.249. The standard InChI is InChI=1S/C16H21F3N2O3/c17-16(18,19)24-14-7-2-1-5-12(14)11-20-15(23)21-9-4-3-6-13(21)8-10-22/h1-2,5,7,13,22H,3-4,6,8-11H2,(H,20,23). The van der Waals surface area contributed by atoms with E-state index < -0.39 is 6.36 Å². The van der Waals surface area contributed by atoms with Crippen molar-refractivity contribution >= 4 is 6.03 Å². The molecule has 1 aromatic rings. The van der Waals surface area contributed by atoms with Gasteiger partial charge in [-0.05, 0) is 31.7 Å². The lowest BCUT2D eigenvalue weighted by Gasteiger charge is -2.35. The highest BCUT2D eigenvalue weighted by atomic mass is 19.4. The third kappa shape index (κ3) is 5.30. The van der Waals surface area contributed by atoms with Crippen LogP contribution < -0.4 is 10.1 Å². The van der Waals surface area contributed by atoms with E-state index in [0.717, 1.165) is 19.3 Å². The second kappa shape index (κ2) is 8.23. The molecule has 1 aromatic carbocycles. The van der Waals surface area contributed by atoms with E-state index in [0.29, 0.717) is 13.0 Å². The molecule has 2 amide bonds. The van der Waals surface area contributed by atoms with Crippen LogP contribution in [0.5, 0.6) is 5.75 Å². The summed E-state index contributed by atoms with van der Waals surface area (Å²) in [7, 11) is 0. The number of hydrogen-bond acceptors (Lipinski definition) is 3. The Labute approximate surface area is 138 Å². The number of benzene rings is 1. The number of aliphatic hydroxyl groups excluding tert-OH is 1. The Morgan fingerprint density at radius 1 is 1.33 bits per heavy atom. The molecule has 1 heterocycles. The zero-order valence-corrected chi connectivity index (χ0v) is 13.2. The summed E-state index contributed by atoms with van der Waals surface area (Å²) in [6.07, 6.45) is -1.58. The van der Waals surface area contributed by atoms with Crippen LogP contribution >= 0.6 is 0 Å². The number of para-hydroxylation sites is 1. The maximum absolute atomic E-state index is 12.4. The first-order valence-electron chi connectivity index (χ1n) is 7.89. The van der Waals surface area contributed by atoms with Gasteiger partial charge in [-0.3, -0.25) is 0 Å². The highest BCUT2D eigenvalue weighted by molar-refractivity contribution is 5.74. The molecule has 0 saturated carbocycles. The van der Waals surface area contributed by atoms with Gasteiger partial charge in [-0.25, -0.2) is 4.79 Å². The maximum atomic E-state index is 12.4. The Bertz CT molecular complexity index is 550. The van der Waals surface area contributed by atoms with Crippen molar-refractivity contribution in [2.75, 3.05) is 13.2 Å². The fourth-order valence-corrected chi connectivity index (χ4v) is 2.86. The minimum Gasteiger partial charge on any atom is -0.405 e. The number of urea groups is 1. The summed E-state index contributed by atoms with van der Waals surface area (Å²) in [6.45, 7) is 0.515. The molecule has 1 aliphatic heterocycles. The fraction of sp³-hybridized carbons (Fsp3) is 0.562. The van der Waals surface area contributed by atoms with Gasteiger partial charge in [0.05, 0.1) is 0 Å². The van der Waals surface area contributed by atoms with Crippen LogP contribution in [0.3, 0.4) is 0 Å². The predicted octanol–water partition coefficient (Wildman–Crippen LogP) is 3.03. The number of ether oxygens (including phenoxy) is 1. The molecule has 24 heavy (non-hydrogen) atoms. The molecule has 1 unspecified atom stereocenters. The average molecular weight is 346 g/mol. The molecule has 1 aliphatic rings. The maximum Gasteiger partial charge on any atom is 0.573 e. The first-order chi connectivity index (χ1) is 11.4. The van der Waals surface area contributed by atoms with Gasteiger partial charge in [0.25, 0.3) is 0 Å². The number of nitrogens with one attached hydrogen (secondary N) is 1. The van der Waals surface area contributed by atoms with Gasteiger partial charge in [-0.15, -0.1) is 13.2 Å². The smallest absolute Gasteiger partial charge is 0.405 e. The lowest BCUT2D eigenvalue weighted by molar-refractivity contribution is -0.274. The van der Waals surface area contributed by atoms with Gasteiger partial charge in [-0.2, -0.15) is 0 Å². The van der Waals surface area contributed by atoms with Crippen molar-refractivity contribution in [1.82, 2.24) is 10.2 Å². The largest absolute Gasteiger partial charge is 0.573 e. The summed E-state index contributed by atoms with van der Waals surface area (Å²) < 4.78 is 41.2. The Morgan fingerprint density at radius 2 is 2.08 bits per heavy atom. The normalized spacial score (nSPS) is 18.3. The molecule has 0 aliphatic carbocycles. The molecule has 0 spiro atoms. The van der Waals surface area contributed by atoms with Crippen molar-refractivity contribution in [3.8, 4) is 5.75 Å². The number of carbonyl (C=O) groups is 1. The van der Waals surface area contributed by atoms with Gasteiger partial charge in [0, 0.05) is 31.3 Å². The van der Waals surface area contributed by atoms with E-state index in [4.69, 9.17) is 5.11 Å². The Morgan fingerprint density at radius 3 is 2.79 bits per heavy atom.